The van der Waals surface area contributed by atoms with Crippen molar-refractivity contribution in [1.29, 1.82) is 0 Å². The van der Waals surface area contributed by atoms with Gasteiger partial charge in [-0.05, 0) is 24.1 Å². The number of carbonyl (C=O) groups is 1. The summed E-state index contributed by atoms with van der Waals surface area (Å²) in [5.41, 5.74) is 4.67. The third-order valence-electron chi connectivity index (χ3n) is 5.59. The van der Waals surface area contributed by atoms with Gasteiger partial charge in [-0.25, -0.2) is 18.3 Å². The van der Waals surface area contributed by atoms with Crippen LogP contribution in [-0.2, 0) is 7.05 Å². The van der Waals surface area contributed by atoms with Crippen LogP contribution in [0.3, 0.4) is 0 Å². The highest BCUT2D eigenvalue weighted by Crippen LogP contribution is 2.35. The fourth-order valence-corrected chi connectivity index (χ4v) is 3.94. The zero-order valence-corrected chi connectivity index (χ0v) is 16.8. The van der Waals surface area contributed by atoms with E-state index in [1.54, 1.807) is 39.9 Å². The quantitative estimate of drug-likeness (QED) is 0.544. The summed E-state index contributed by atoms with van der Waals surface area (Å²) in [5, 5.41) is 11.3. The van der Waals surface area contributed by atoms with E-state index < -0.39 is 12.0 Å². The van der Waals surface area contributed by atoms with Crippen LogP contribution in [0, 0.1) is 0 Å². The van der Waals surface area contributed by atoms with Crippen molar-refractivity contribution in [2.24, 2.45) is 7.05 Å². The molecule has 1 fully saturated rings. The van der Waals surface area contributed by atoms with E-state index in [0.29, 0.717) is 17.6 Å². The van der Waals surface area contributed by atoms with Crippen LogP contribution in [0.5, 0.6) is 0 Å². The number of aryl methyl sites for hydroxylation is 1. The summed E-state index contributed by atoms with van der Waals surface area (Å²) >= 11 is 0. The lowest BCUT2D eigenvalue weighted by atomic mass is 10.1. The molecule has 9 heteroatoms. The van der Waals surface area contributed by atoms with Gasteiger partial charge in [-0.15, -0.1) is 0 Å². The maximum absolute atomic E-state index is 13.3. The van der Waals surface area contributed by atoms with E-state index in [9.17, 15) is 13.6 Å². The van der Waals surface area contributed by atoms with Crippen molar-refractivity contribution >= 4 is 11.6 Å². The van der Waals surface area contributed by atoms with Crippen molar-refractivity contribution in [3.8, 4) is 22.3 Å². The Labute approximate surface area is 176 Å². The molecule has 0 bridgehead atoms. The van der Waals surface area contributed by atoms with E-state index in [1.165, 1.54) is 0 Å². The third-order valence-corrected chi connectivity index (χ3v) is 5.59. The van der Waals surface area contributed by atoms with Crippen LogP contribution in [0.4, 0.5) is 8.78 Å². The average molecular weight is 422 g/mol. The fourth-order valence-electron chi connectivity index (χ4n) is 3.94. The van der Waals surface area contributed by atoms with Gasteiger partial charge in [0.2, 0.25) is 5.92 Å². The molecule has 3 aromatic heterocycles. The van der Waals surface area contributed by atoms with Crippen LogP contribution >= 0.6 is 0 Å². The van der Waals surface area contributed by atoms with Gasteiger partial charge in [0.15, 0.2) is 5.65 Å². The minimum absolute atomic E-state index is 0.179. The zero-order chi connectivity index (χ0) is 21.6. The van der Waals surface area contributed by atoms with Gasteiger partial charge in [0.25, 0.3) is 5.91 Å². The smallest absolute Gasteiger partial charge is 0.251 e. The number of rotatable bonds is 4. The summed E-state index contributed by atoms with van der Waals surface area (Å²) in [6, 6.07) is 6.51. The molecule has 158 valence electrons. The maximum atomic E-state index is 13.3. The average Bonchev–Trinajstić information content (AvgIpc) is 3.46. The standard InChI is InChI=1S/C22H20F2N6O/c1-29-12-17(10-26-29)16-9-25-20-19(11-27-30(20)13-16)14-2-4-15(5-3-14)21(31)28-18-6-7-22(23,24)8-18/h2-5,9-13,18H,6-8H2,1H3,(H,28,31). The van der Waals surface area contributed by atoms with E-state index >= 15 is 0 Å². The van der Waals surface area contributed by atoms with Gasteiger partial charge >= 0.3 is 0 Å². The molecule has 0 spiro atoms. The second-order valence-electron chi connectivity index (χ2n) is 7.92. The number of amides is 1. The second-order valence-corrected chi connectivity index (χ2v) is 7.92. The molecule has 1 N–H and O–H groups in total. The Morgan fingerprint density at radius 3 is 2.52 bits per heavy atom. The summed E-state index contributed by atoms with van der Waals surface area (Å²) in [6.45, 7) is 0. The van der Waals surface area contributed by atoms with E-state index in [4.69, 9.17) is 0 Å². The van der Waals surface area contributed by atoms with Gasteiger partial charge in [0, 0.05) is 66.8 Å². The number of alkyl halides is 2. The predicted molar refractivity (Wildman–Crippen MR) is 111 cm³/mol. The molecule has 1 unspecified atom stereocenters. The first-order chi connectivity index (χ1) is 14.9. The van der Waals surface area contributed by atoms with Gasteiger partial charge in [-0.3, -0.25) is 9.48 Å². The molecule has 0 aliphatic heterocycles. The number of carbonyl (C=O) groups excluding carboxylic acids is 1. The van der Waals surface area contributed by atoms with E-state index in [0.717, 1.165) is 22.3 Å². The molecule has 5 rings (SSSR count). The summed E-state index contributed by atoms with van der Waals surface area (Å²) in [4.78, 5) is 17.0. The Hall–Kier alpha value is -3.62. The second kappa shape index (κ2) is 7.26. The van der Waals surface area contributed by atoms with Crippen molar-refractivity contribution in [2.75, 3.05) is 0 Å². The summed E-state index contributed by atoms with van der Waals surface area (Å²) in [5.74, 6) is -3.02. The van der Waals surface area contributed by atoms with Crippen molar-refractivity contribution in [3.05, 3.63) is 60.8 Å². The molecule has 7 nitrogen and oxygen atoms in total. The number of aromatic nitrogens is 5. The maximum Gasteiger partial charge on any atom is 0.251 e. The monoisotopic (exact) mass is 422 g/mol. The van der Waals surface area contributed by atoms with E-state index in [1.807, 2.05) is 31.6 Å². The molecule has 1 amide bonds. The topological polar surface area (TPSA) is 77.1 Å². The lowest BCUT2D eigenvalue weighted by Gasteiger charge is -2.13. The van der Waals surface area contributed by atoms with Crippen LogP contribution < -0.4 is 5.32 Å². The lowest BCUT2D eigenvalue weighted by molar-refractivity contribution is 0.00711. The molecule has 1 atom stereocenters. The van der Waals surface area contributed by atoms with Crippen molar-refractivity contribution < 1.29 is 13.6 Å². The van der Waals surface area contributed by atoms with E-state index in [-0.39, 0.29) is 18.7 Å². The molecule has 4 aromatic rings. The molecular formula is C22H20F2N6O. The highest BCUT2D eigenvalue weighted by molar-refractivity contribution is 5.95. The van der Waals surface area contributed by atoms with Crippen LogP contribution in [0.1, 0.15) is 29.6 Å². The molecule has 1 aliphatic rings. The minimum Gasteiger partial charge on any atom is -0.349 e. The normalized spacial score (nSPS) is 17.8. The van der Waals surface area contributed by atoms with Gasteiger partial charge in [0.1, 0.15) is 0 Å². The molecule has 1 aromatic carbocycles. The first-order valence-electron chi connectivity index (χ1n) is 9.99. The Morgan fingerprint density at radius 1 is 1.06 bits per heavy atom. The van der Waals surface area contributed by atoms with Crippen LogP contribution in [0.15, 0.2) is 55.2 Å². The molecule has 1 saturated carbocycles. The number of fused-ring (bicyclic) bond motifs is 1. The Bertz CT molecular complexity index is 1260. The number of nitrogens with one attached hydrogen (secondary N) is 1. The predicted octanol–water partition coefficient (Wildman–Crippen LogP) is 3.71. The molecule has 3 heterocycles. The van der Waals surface area contributed by atoms with Gasteiger partial charge in [-0.2, -0.15) is 10.2 Å². The third kappa shape index (κ3) is 3.78. The first kappa shape index (κ1) is 19.3. The highest BCUT2D eigenvalue weighted by atomic mass is 19.3. The van der Waals surface area contributed by atoms with Crippen LogP contribution in [-0.4, -0.2) is 42.3 Å². The molecular weight excluding hydrogens is 402 g/mol. The number of benzene rings is 1. The Morgan fingerprint density at radius 2 is 1.84 bits per heavy atom. The molecule has 0 radical (unpaired) electrons. The number of nitrogens with zero attached hydrogens (tertiary/aromatic N) is 5. The highest BCUT2D eigenvalue weighted by Gasteiger charge is 2.40. The van der Waals surface area contributed by atoms with Crippen LogP contribution in [0.2, 0.25) is 0 Å². The molecule has 0 saturated heterocycles. The minimum atomic E-state index is -2.69. The van der Waals surface area contributed by atoms with E-state index in [2.05, 4.69) is 20.5 Å². The van der Waals surface area contributed by atoms with Crippen molar-refractivity contribution in [3.63, 3.8) is 0 Å². The molecule has 31 heavy (non-hydrogen) atoms. The Balaban J connectivity index is 1.35. The number of halogens is 2. The van der Waals surface area contributed by atoms with Gasteiger partial charge in [0.05, 0.1) is 12.4 Å². The fraction of sp³-hybridized carbons (Fsp3) is 0.273. The Kier molecular flexibility index (Phi) is 4.53. The summed E-state index contributed by atoms with van der Waals surface area (Å²) in [7, 11) is 1.86. The summed E-state index contributed by atoms with van der Waals surface area (Å²) in [6.07, 6.45) is 8.89. The first-order valence-corrected chi connectivity index (χ1v) is 9.99. The van der Waals surface area contributed by atoms with Crippen LogP contribution in [0.25, 0.3) is 27.9 Å². The lowest BCUT2D eigenvalue weighted by Crippen LogP contribution is -2.33. The molecule has 1 aliphatic carbocycles. The number of hydrogen-bond acceptors (Lipinski definition) is 4. The van der Waals surface area contributed by atoms with Gasteiger partial charge < -0.3 is 5.32 Å². The van der Waals surface area contributed by atoms with Gasteiger partial charge in [-0.1, -0.05) is 12.1 Å². The SMILES string of the molecule is Cn1cc(-c2cnc3c(-c4ccc(C(=O)NC5CCC(F)(F)C5)cc4)cnn3c2)cn1. The number of hydrogen-bond donors (Lipinski definition) is 1. The zero-order valence-electron chi connectivity index (χ0n) is 16.8. The van der Waals surface area contributed by atoms with Crippen molar-refractivity contribution in [2.45, 2.75) is 31.2 Å². The summed E-state index contributed by atoms with van der Waals surface area (Å²) < 4.78 is 30.1. The largest absolute Gasteiger partial charge is 0.349 e. The van der Waals surface area contributed by atoms with Crippen molar-refractivity contribution in [1.82, 2.24) is 29.7 Å².